The maximum absolute atomic E-state index is 12.6. The van der Waals surface area contributed by atoms with Crippen LogP contribution in [0.25, 0.3) is 0 Å². The molecule has 4 heteroatoms. The first-order chi connectivity index (χ1) is 8.56. The third kappa shape index (κ3) is 2.07. The molecule has 0 radical (unpaired) electrons. The Morgan fingerprint density at radius 1 is 1.61 bits per heavy atom. The molecule has 1 amide bonds. The van der Waals surface area contributed by atoms with E-state index >= 15 is 0 Å². The van der Waals surface area contributed by atoms with Crippen LogP contribution in [0, 0.1) is 12.8 Å². The van der Waals surface area contributed by atoms with E-state index in [1.165, 1.54) is 0 Å². The van der Waals surface area contributed by atoms with Gasteiger partial charge >= 0.3 is 0 Å². The van der Waals surface area contributed by atoms with Crippen LogP contribution >= 0.6 is 0 Å². The average Bonchev–Trinajstić information content (AvgIpc) is 2.94. The summed E-state index contributed by atoms with van der Waals surface area (Å²) in [7, 11) is 0. The Balaban J connectivity index is 2.29. The Morgan fingerprint density at radius 2 is 2.33 bits per heavy atom. The van der Waals surface area contributed by atoms with Gasteiger partial charge in [0.2, 0.25) is 0 Å². The van der Waals surface area contributed by atoms with Crippen molar-refractivity contribution in [3.05, 3.63) is 29.2 Å². The van der Waals surface area contributed by atoms with E-state index in [2.05, 4.69) is 31.2 Å². The van der Waals surface area contributed by atoms with Gasteiger partial charge in [-0.2, -0.15) is 0 Å². The molecule has 0 aromatic carbocycles. The first-order valence-electron chi connectivity index (χ1n) is 6.49. The van der Waals surface area contributed by atoms with Gasteiger partial charge in [-0.15, -0.1) is 0 Å². The summed E-state index contributed by atoms with van der Waals surface area (Å²) in [6, 6.07) is 0.177. The highest BCUT2D eigenvalue weighted by Crippen LogP contribution is 2.23. The second-order valence-electron chi connectivity index (χ2n) is 5.03. The van der Waals surface area contributed by atoms with E-state index in [0.29, 0.717) is 30.2 Å². The number of amides is 1. The lowest BCUT2D eigenvalue weighted by Crippen LogP contribution is -2.39. The van der Waals surface area contributed by atoms with E-state index in [-0.39, 0.29) is 11.9 Å². The van der Waals surface area contributed by atoms with Crippen molar-refractivity contribution < 1.29 is 9.32 Å². The van der Waals surface area contributed by atoms with Crippen molar-refractivity contribution >= 4 is 5.91 Å². The molecule has 98 valence electrons. The van der Waals surface area contributed by atoms with Gasteiger partial charge in [0.15, 0.2) is 0 Å². The topological polar surface area (TPSA) is 46.3 Å². The second kappa shape index (κ2) is 4.96. The van der Waals surface area contributed by atoms with Gasteiger partial charge in [-0.1, -0.05) is 38.1 Å². The normalized spacial score (nSPS) is 18.9. The third-order valence-corrected chi connectivity index (χ3v) is 3.42. The molecule has 0 fully saturated rings. The fourth-order valence-corrected chi connectivity index (χ4v) is 2.42. The van der Waals surface area contributed by atoms with Crippen molar-refractivity contribution in [2.45, 2.75) is 40.2 Å². The number of hydrogen-bond acceptors (Lipinski definition) is 3. The predicted octanol–water partition coefficient (Wildman–Crippen LogP) is 2.58. The Bertz CT molecular complexity index is 474. The number of hydrogen-bond donors (Lipinski definition) is 0. The van der Waals surface area contributed by atoms with E-state index in [0.717, 1.165) is 5.69 Å². The van der Waals surface area contributed by atoms with E-state index in [9.17, 15) is 4.79 Å². The highest BCUT2D eigenvalue weighted by molar-refractivity contribution is 5.96. The summed E-state index contributed by atoms with van der Waals surface area (Å²) >= 11 is 0. The number of aryl methyl sites for hydroxylation is 2. The molecule has 0 saturated carbocycles. The monoisotopic (exact) mass is 248 g/mol. The van der Waals surface area contributed by atoms with Crippen molar-refractivity contribution in [2.75, 3.05) is 6.54 Å². The van der Waals surface area contributed by atoms with Crippen molar-refractivity contribution in [2.24, 2.45) is 5.92 Å². The summed E-state index contributed by atoms with van der Waals surface area (Å²) in [5.41, 5.74) is 1.40. The smallest absolute Gasteiger partial charge is 0.260 e. The van der Waals surface area contributed by atoms with Gasteiger partial charge in [0.25, 0.3) is 5.91 Å². The average molecular weight is 248 g/mol. The highest BCUT2D eigenvalue weighted by Gasteiger charge is 2.31. The second-order valence-corrected chi connectivity index (χ2v) is 5.03. The molecule has 0 spiro atoms. The summed E-state index contributed by atoms with van der Waals surface area (Å²) < 4.78 is 5.15. The van der Waals surface area contributed by atoms with E-state index in [1.54, 1.807) is 6.92 Å². The summed E-state index contributed by atoms with van der Waals surface area (Å²) in [5.74, 6) is 1.07. The van der Waals surface area contributed by atoms with Gasteiger partial charge < -0.3 is 9.42 Å². The van der Waals surface area contributed by atoms with Gasteiger partial charge in [-0.3, -0.25) is 4.79 Å². The van der Waals surface area contributed by atoms with Gasteiger partial charge in [-0.05, 0) is 19.3 Å². The predicted molar refractivity (Wildman–Crippen MR) is 69.4 cm³/mol. The maximum atomic E-state index is 12.6. The Kier molecular flexibility index (Phi) is 3.55. The molecule has 1 aromatic heterocycles. The third-order valence-electron chi connectivity index (χ3n) is 3.42. The molecule has 0 N–H and O–H groups in total. The summed E-state index contributed by atoms with van der Waals surface area (Å²) in [6.45, 7) is 8.71. The van der Waals surface area contributed by atoms with Crippen LogP contribution in [-0.4, -0.2) is 28.6 Å². The number of carbonyl (C=O) groups excluding carboxylic acids is 1. The Hall–Kier alpha value is -1.58. The van der Waals surface area contributed by atoms with Crippen LogP contribution in [0.2, 0.25) is 0 Å². The summed E-state index contributed by atoms with van der Waals surface area (Å²) in [5, 5.41) is 3.95. The fourth-order valence-electron chi connectivity index (χ4n) is 2.42. The molecule has 0 saturated heterocycles. The molecular formula is C14H20N2O2. The summed E-state index contributed by atoms with van der Waals surface area (Å²) in [6.07, 6.45) is 4.88. The number of rotatable bonds is 3. The first-order valence-corrected chi connectivity index (χ1v) is 6.49. The molecule has 1 aromatic rings. The van der Waals surface area contributed by atoms with Crippen molar-refractivity contribution in [1.29, 1.82) is 0 Å². The number of aromatic nitrogens is 1. The van der Waals surface area contributed by atoms with E-state index in [1.807, 2.05) is 11.8 Å². The lowest BCUT2D eigenvalue weighted by Gasteiger charge is -2.27. The SMILES string of the molecule is CCc1noc(C)c1C(=O)N1CC=C[C@@H]1C(C)C. The minimum absolute atomic E-state index is 0.0364. The maximum Gasteiger partial charge on any atom is 0.260 e. The highest BCUT2D eigenvalue weighted by atomic mass is 16.5. The molecule has 18 heavy (non-hydrogen) atoms. The molecule has 4 nitrogen and oxygen atoms in total. The van der Waals surface area contributed by atoms with Crippen molar-refractivity contribution in [1.82, 2.24) is 10.1 Å². The lowest BCUT2D eigenvalue weighted by atomic mass is 10.0. The van der Waals surface area contributed by atoms with Gasteiger partial charge in [0.1, 0.15) is 11.3 Å². The molecule has 1 aliphatic rings. The minimum Gasteiger partial charge on any atom is -0.361 e. The van der Waals surface area contributed by atoms with Crippen LogP contribution in [0.15, 0.2) is 16.7 Å². The van der Waals surface area contributed by atoms with Crippen molar-refractivity contribution in [3.8, 4) is 0 Å². The first kappa shape index (κ1) is 12.9. The number of nitrogens with zero attached hydrogens (tertiary/aromatic N) is 2. The van der Waals surface area contributed by atoms with Gasteiger partial charge in [-0.25, -0.2) is 0 Å². The van der Waals surface area contributed by atoms with Crippen LogP contribution in [0.5, 0.6) is 0 Å². The quantitative estimate of drug-likeness (QED) is 0.772. The van der Waals surface area contributed by atoms with Crippen LogP contribution < -0.4 is 0 Å². The molecule has 0 bridgehead atoms. The van der Waals surface area contributed by atoms with Gasteiger partial charge in [0, 0.05) is 6.54 Å². The van der Waals surface area contributed by atoms with Crippen molar-refractivity contribution in [3.63, 3.8) is 0 Å². The zero-order valence-corrected chi connectivity index (χ0v) is 11.4. The Morgan fingerprint density at radius 3 is 2.94 bits per heavy atom. The van der Waals surface area contributed by atoms with Gasteiger partial charge in [0.05, 0.1) is 11.7 Å². The zero-order chi connectivity index (χ0) is 13.3. The lowest BCUT2D eigenvalue weighted by molar-refractivity contribution is 0.0718. The zero-order valence-electron chi connectivity index (χ0n) is 11.4. The van der Waals surface area contributed by atoms with Crippen LogP contribution in [0.4, 0.5) is 0 Å². The molecule has 1 atom stereocenters. The summed E-state index contributed by atoms with van der Waals surface area (Å²) in [4.78, 5) is 14.5. The number of carbonyl (C=O) groups is 1. The molecule has 2 rings (SSSR count). The molecule has 0 aliphatic carbocycles. The largest absolute Gasteiger partial charge is 0.361 e. The van der Waals surface area contributed by atoms with Crippen LogP contribution in [0.1, 0.15) is 42.6 Å². The fraction of sp³-hybridized carbons (Fsp3) is 0.571. The van der Waals surface area contributed by atoms with E-state index in [4.69, 9.17) is 4.52 Å². The standard InChI is InChI=1S/C14H20N2O2/c1-5-11-13(10(4)18-15-11)14(17)16-8-6-7-12(16)9(2)3/h6-7,9,12H,5,8H2,1-4H3/t12-/m1/s1. The van der Waals surface area contributed by atoms with E-state index < -0.39 is 0 Å². The molecule has 0 unspecified atom stereocenters. The molecule has 2 heterocycles. The van der Waals surface area contributed by atoms with Crippen LogP contribution in [0.3, 0.4) is 0 Å². The Labute approximate surface area is 108 Å². The van der Waals surface area contributed by atoms with Crippen LogP contribution in [-0.2, 0) is 6.42 Å². The minimum atomic E-state index is 0.0364. The molecular weight excluding hydrogens is 228 g/mol. The molecule has 1 aliphatic heterocycles.